The number of rotatable bonds is 11. The van der Waals surface area contributed by atoms with Crippen LogP contribution in [0.25, 0.3) is 0 Å². The third-order valence-electron chi connectivity index (χ3n) is 4.09. The fourth-order valence-corrected chi connectivity index (χ4v) is 1.99. The molecule has 0 aliphatic carbocycles. The number of nitrogens with two attached hydrogens (primary N) is 2. The standard InChI is InChI=1S/C15H31N6O3P/c1-5-15(4,6-2)12(3)20-14(18-10-8-7-9-16)21-13(17)19-11-24-25(22)23/h3,5-11,16H2,1-2,4H3,(H4-,17,18,19,20,21,22,23)/p+1. The summed E-state index contributed by atoms with van der Waals surface area (Å²) in [5, 5.41) is 6.01. The molecular formula is C15H32N6O3P+. The molecule has 1 atom stereocenters. The summed E-state index contributed by atoms with van der Waals surface area (Å²) in [4.78, 5) is 16.8. The highest BCUT2D eigenvalue weighted by Gasteiger charge is 2.24. The van der Waals surface area contributed by atoms with E-state index in [4.69, 9.17) is 16.4 Å². The van der Waals surface area contributed by atoms with Crippen molar-refractivity contribution in [3.05, 3.63) is 12.3 Å². The van der Waals surface area contributed by atoms with Gasteiger partial charge in [-0.15, -0.1) is 4.89 Å². The van der Waals surface area contributed by atoms with Gasteiger partial charge in [0.25, 0.3) is 0 Å². The van der Waals surface area contributed by atoms with Gasteiger partial charge in [0.2, 0.25) is 5.96 Å². The molecule has 0 radical (unpaired) electrons. The lowest BCUT2D eigenvalue weighted by Crippen LogP contribution is -2.46. The maximum Gasteiger partial charge on any atom is 0.696 e. The van der Waals surface area contributed by atoms with Crippen LogP contribution in [0.2, 0.25) is 0 Å². The van der Waals surface area contributed by atoms with Crippen molar-refractivity contribution in [3.63, 3.8) is 0 Å². The van der Waals surface area contributed by atoms with Crippen molar-refractivity contribution in [2.24, 2.45) is 26.9 Å². The molecule has 10 heteroatoms. The Morgan fingerprint density at radius 2 is 1.92 bits per heavy atom. The molecule has 0 heterocycles. The second kappa shape index (κ2) is 12.8. The summed E-state index contributed by atoms with van der Waals surface area (Å²) in [6.45, 7) is 11.3. The van der Waals surface area contributed by atoms with Crippen LogP contribution in [0.3, 0.4) is 0 Å². The number of allylic oxidation sites excluding steroid dienone is 1. The van der Waals surface area contributed by atoms with Gasteiger partial charge in [-0.1, -0.05) is 31.9 Å². The maximum atomic E-state index is 10.5. The Kier molecular flexibility index (Phi) is 12.0. The minimum atomic E-state index is -2.71. The predicted octanol–water partition coefficient (Wildman–Crippen LogP) is 1.54. The Balaban J connectivity index is 4.97. The first-order valence-electron chi connectivity index (χ1n) is 8.36. The van der Waals surface area contributed by atoms with Gasteiger partial charge in [-0.05, 0) is 32.2 Å². The first kappa shape index (κ1) is 23.5. The summed E-state index contributed by atoms with van der Waals surface area (Å²) >= 11 is 0. The van der Waals surface area contributed by atoms with Crippen molar-refractivity contribution in [1.29, 1.82) is 0 Å². The fourth-order valence-electron chi connectivity index (χ4n) is 1.84. The summed E-state index contributed by atoms with van der Waals surface area (Å²) in [6, 6.07) is 0. The van der Waals surface area contributed by atoms with Gasteiger partial charge in [0.15, 0.2) is 12.7 Å². The molecule has 7 N–H and O–H groups in total. The van der Waals surface area contributed by atoms with Gasteiger partial charge in [0.05, 0.1) is 0 Å². The van der Waals surface area contributed by atoms with Crippen molar-refractivity contribution in [1.82, 2.24) is 10.6 Å². The van der Waals surface area contributed by atoms with E-state index >= 15 is 0 Å². The number of hydrogen-bond acceptors (Lipinski definition) is 5. The van der Waals surface area contributed by atoms with Crippen LogP contribution in [0.4, 0.5) is 0 Å². The van der Waals surface area contributed by atoms with E-state index in [-0.39, 0.29) is 18.1 Å². The fraction of sp³-hybridized carbons (Fsp3) is 0.733. The molecule has 9 nitrogen and oxygen atoms in total. The molecule has 0 amide bonds. The summed E-state index contributed by atoms with van der Waals surface area (Å²) in [7, 11) is -2.71. The zero-order valence-corrected chi connectivity index (χ0v) is 16.3. The van der Waals surface area contributed by atoms with E-state index in [1.54, 1.807) is 0 Å². The first-order valence-corrected chi connectivity index (χ1v) is 9.49. The number of hydrogen-bond donors (Lipinski definition) is 5. The number of aliphatic imine (C=N–C) groups is 2. The number of guanidine groups is 2. The minimum Gasteiger partial charge on any atom is -0.370 e. The van der Waals surface area contributed by atoms with Crippen molar-refractivity contribution < 1.29 is 14.0 Å². The number of unbranched alkanes of at least 4 members (excludes halogenated alkanes) is 1. The van der Waals surface area contributed by atoms with Gasteiger partial charge in [0.1, 0.15) is 0 Å². The summed E-state index contributed by atoms with van der Waals surface area (Å²) in [5.74, 6) is 0.439. The second-order valence-corrected chi connectivity index (χ2v) is 6.50. The normalized spacial score (nSPS) is 13.6. The van der Waals surface area contributed by atoms with Crippen molar-refractivity contribution in [2.45, 2.75) is 46.5 Å². The van der Waals surface area contributed by atoms with E-state index < -0.39 is 8.25 Å². The number of nitrogens with one attached hydrogen (secondary N) is 2. The van der Waals surface area contributed by atoms with E-state index in [0.717, 1.165) is 31.4 Å². The molecule has 0 aliphatic rings. The van der Waals surface area contributed by atoms with E-state index in [2.05, 4.69) is 52.5 Å². The molecule has 0 aliphatic heterocycles. The van der Waals surface area contributed by atoms with Crippen LogP contribution in [0.1, 0.15) is 46.5 Å². The Bertz CT molecular complexity index is 492. The molecule has 1 unspecified atom stereocenters. The molecule has 0 aromatic heterocycles. The number of nitrogens with zero attached hydrogens (tertiary/aromatic N) is 2. The Labute approximate surface area is 151 Å². The van der Waals surface area contributed by atoms with Crippen LogP contribution in [-0.2, 0) is 9.09 Å². The first-order chi connectivity index (χ1) is 11.8. The molecule has 0 rings (SSSR count). The largest absolute Gasteiger partial charge is 0.696 e. The highest BCUT2D eigenvalue weighted by atomic mass is 31.1. The zero-order chi connectivity index (χ0) is 19.3. The summed E-state index contributed by atoms with van der Waals surface area (Å²) in [5.41, 5.74) is 12.0. The van der Waals surface area contributed by atoms with Crippen LogP contribution in [-0.4, -0.2) is 36.6 Å². The molecule has 0 saturated carbocycles. The molecule has 0 fully saturated rings. The molecule has 0 aromatic rings. The molecule has 0 bridgehead atoms. The monoisotopic (exact) mass is 375 g/mol. The van der Waals surface area contributed by atoms with Crippen LogP contribution in [0, 0.1) is 5.41 Å². The van der Waals surface area contributed by atoms with Crippen LogP contribution in [0.15, 0.2) is 22.3 Å². The van der Waals surface area contributed by atoms with Crippen molar-refractivity contribution in [2.75, 3.05) is 19.8 Å². The van der Waals surface area contributed by atoms with E-state index in [9.17, 15) is 4.57 Å². The summed E-state index contributed by atoms with van der Waals surface area (Å²) in [6.07, 6.45) is 3.58. The van der Waals surface area contributed by atoms with Crippen LogP contribution in [0.5, 0.6) is 0 Å². The Hall–Kier alpha value is -1.54. The third kappa shape index (κ3) is 10.1. The molecule has 25 heavy (non-hydrogen) atoms. The van der Waals surface area contributed by atoms with Crippen LogP contribution < -0.4 is 22.1 Å². The van der Waals surface area contributed by atoms with Gasteiger partial charge in [0, 0.05) is 22.2 Å². The lowest BCUT2D eigenvalue weighted by atomic mass is 9.82. The van der Waals surface area contributed by atoms with Gasteiger partial charge in [-0.3, -0.25) is 10.3 Å². The van der Waals surface area contributed by atoms with E-state index in [0.29, 0.717) is 19.0 Å². The smallest absolute Gasteiger partial charge is 0.370 e. The van der Waals surface area contributed by atoms with Gasteiger partial charge >= 0.3 is 8.25 Å². The average Bonchev–Trinajstić information content (AvgIpc) is 2.57. The maximum absolute atomic E-state index is 10.5. The zero-order valence-electron chi connectivity index (χ0n) is 15.4. The highest BCUT2D eigenvalue weighted by molar-refractivity contribution is 7.32. The topological polar surface area (TPSA) is 147 Å². The van der Waals surface area contributed by atoms with Crippen molar-refractivity contribution >= 4 is 20.2 Å². The Morgan fingerprint density at radius 3 is 2.44 bits per heavy atom. The van der Waals surface area contributed by atoms with E-state index in [1.165, 1.54) is 0 Å². The third-order valence-corrected chi connectivity index (χ3v) is 4.43. The van der Waals surface area contributed by atoms with E-state index in [1.807, 2.05) is 0 Å². The minimum absolute atomic E-state index is 0.0180. The predicted molar refractivity (Wildman–Crippen MR) is 102 cm³/mol. The molecule has 0 spiro atoms. The molecule has 0 aromatic carbocycles. The second-order valence-electron chi connectivity index (χ2n) is 5.76. The average molecular weight is 375 g/mol. The molecular weight excluding hydrogens is 343 g/mol. The van der Waals surface area contributed by atoms with Gasteiger partial charge in [-0.2, -0.15) is 0 Å². The molecule has 144 valence electrons. The lowest BCUT2D eigenvalue weighted by Gasteiger charge is -2.30. The SMILES string of the molecule is C=C(NC(=NCCCCN)NC(N)=NCO[P+](=O)O)C(C)(CC)CC. The van der Waals surface area contributed by atoms with Crippen LogP contribution >= 0.6 is 8.25 Å². The van der Waals surface area contributed by atoms with Gasteiger partial charge < -0.3 is 16.8 Å². The van der Waals surface area contributed by atoms with Gasteiger partial charge in [-0.25, -0.2) is 4.99 Å². The lowest BCUT2D eigenvalue weighted by molar-refractivity contribution is 0.291. The summed E-state index contributed by atoms with van der Waals surface area (Å²) < 4.78 is 14.9. The molecule has 0 saturated heterocycles. The quantitative estimate of drug-likeness (QED) is 0.159. The van der Waals surface area contributed by atoms with Crippen molar-refractivity contribution in [3.8, 4) is 0 Å². The highest BCUT2D eigenvalue weighted by Crippen LogP contribution is 2.31. The Morgan fingerprint density at radius 1 is 1.28 bits per heavy atom.